The second kappa shape index (κ2) is 7.54. The number of benzene rings is 1. The van der Waals surface area contributed by atoms with E-state index in [-0.39, 0.29) is 29.3 Å². The minimum atomic E-state index is -4.45. The first-order chi connectivity index (χ1) is 15.7. The lowest BCUT2D eigenvalue weighted by Gasteiger charge is -2.47. The Morgan fingerprint density at radius 3 is 2.61 bits per heavy atom. The fourth-order valence-electron chi connectivity index (χ4n) is 5.35. The largest absolute Gasteiger partial charge is 0.472 e. The van der Waals surface area contributed by atoms with Gasteiger partial charge < -0.3 is 21.1 Å². The molecule has 2 aromatic rings. The third-order valence-electron chi connectivity index (χ3n) is 7.01. The van der Waals surface area contributed by atoms with Gasteiger partial charge in [0.25, 0.3) is 5.91 Å². The zero-order valence-electron chi connectivity index (χ0n) is 17.6. The highest BCUT2D eigenvalue weighted by molar-refractivity contribution is 5.99. The minimum absolute atomic E-state index is 0.0465. The summed E-state index contributed by atoms with van der Waals surface area (Å²) in [6.07, 6.45) is 2.40. The monoisotopic (exact) mass is 456 g/mol. The molecule has 4 unspecified atom stereocenters. The number of aromatic nitrogens is 1. The molecule has 1 aromatic carbocycles. The lowest BCUT2D eigenvalue weighted by Crippen LogP contribution is -2.59. The van der Waals surface area contributed by atoms with E-state index in [0.717, 1.165) is 25.1 Å². The van der Waals surface area contributed by atoms with Crippen molar-refractivity contribution in [2.24, 2.45) is 22.8 Å². The van der Waals surface area contributed by atoms with Crippen LogP contribution in [0.3, 0.4) is 0 Å². The van der Waals surface area contributed by atoms with Crippen molar-refractivity contribution < 1.29 is 22.7 Å². The number of ether oxygens (including phenoxy) is 1. The molecule has 4 N–H and O–H groups in total. The lowest BCUT2D eigenvalue weighted by molar-refractivity contribution is -0.137. The Hall–Kier alpha value is -3.49. The van der Waals surface area contributed by atoms with Crippen LogP contribution in [0, 0.1) is 11.3 Å². The summed E-state index contributed by atoms with van der Waals surface area (Å²) in [5, 5.41) is 0. The highest BCUT2D eigenvalue weighted by atomic mass is 19.4. The maximum atomic E-state index is 13.6. The smallest absolute Gasteiger partial charge is 0.417 e. The molecule has 5 rings (SSSR count). The van der Waals surface area contributed by atoms with Crippen LogP contribution in [0.25, 0.3) is 5.70 Å². The van der Waals surface area contributed by atoms with Gasteiger partial charge in [0.1, 0.15) is 6.10 Å². The third-order valence-corrected chi connectivity index (χ3v) is 7.01. The van der Waals surface area contributed by atoms with Crippen LogP contribution in [-0.4, -0.2) is 34.5 Å². The van der Waals surface area contributed by atoms with E-state index < -0.39 is 11.7 Å². The molecule has 33 heavy (non-hydrogen) atoms. The summed E-state index contributed by atoms with van der Waals surface area (Å²) in [6.45, 7) is 0.629. The van der Waals surface area contributed by atoms with E-state index in [4.69, 9.17) is 16.2 Å². The minimum Gasteiger partial charge on any atom is -0.472 e. The number of nitrogens with zero attached hydrogens (tertiary/aromatic N) is 2. The van der Waals surface area contributed by atoms with Crippen LogP contribution in [0.5, 0.6) is 5.88 Å². The molecule has 1 spiro atoms. The summed E-state index contributed by atoms with van der Waals surface area (Å²) in [5.41, 5.74) is 12.3. The van der Waals surface area contributed by atoms with Gasteiger partial charge in [-0.15, -0.1) is 0 Å². The number of carbonyl (C=O) groups excluding carboxylic acids is 1. The van der Waals surface area contributed by atoms with Gasteiger partial charge in [0.05, 0.1) is 11.6 Å². The Balaban J connectivity index is 1.36. The average molecular weight is 456 g/mol. The third kappa shape index (κ3) is 3.51. The summed E-state index contributed by atoms with van der Waals surface area (Å²) >= 11 is 0. The molecule has 0 radical (unpaired) electrons. The quantitative estimate of drug-likeness (QED) is 0.671. The van der Waals surface area contributed by atoms with E-state index in [1.807, 2.05) is 11.0 Å². The molecule has 3 fully saturated rings. The molecule has 9 heteroatoms. The Kier molecular flexibility index (Phi) is 4.88. The maximum Gasteiger partial charge on any atom is 0.417 e. The first-order valence-electron chi connectivity index (χ1n) is 10.7. The molecule has 2 heterocycles. The normalized spacial score (nSPS) is 28.3. The van der Waals surface area contributed by atoms with Crippen molar-refractivity contribution >= 4 is 11.6 Å². The van der Waals surface area contributed by atoms with Gasteiger partial charge >= 0.3 is 6.18 Å². The van der Waals surface area contributed by atoms with Crippen molar-refractivity contribution in [3.05, 3.63) is 77.6 Å². The molecule has 1 aliphatic heterocycles. The van der Waals surface area contributed by atoms with Gasteiger partial charge in [-0.25, -0.2) is 4.98 Å². The van der Waals surface area contributed by atoms with Gasteiger partial charge in [-0.3, -0.25) is 4.79 Å². The number of hydrogen-bond acceptors (Lipinski definition) is 5. The van der Waals surface area contributed by atoms with Crippen LogP contribution in [0.2, 0.25) is 0 Å². The Morgan fingerprint density at radius 1 is 1.18 bits per heavy atom. The van der Waals surface area contributed by atoms with Crippen LogP contribution < -0.4 is 16.2 Å². The van der Waals surface area contributed by atoms with E-state index in [9.17, 15) is 18.0 Å². The summed E-state index contributed by atoms with van der Waals surface area (Å²) in [5.74, 6) is 0.413. The predicted molar refractivity (Wildman–Crippen MR) is 116 cm³/mol. The molecule has 4 atom stereocenters. The number of allylic oxidation sites excluding steroid dienone is 2. The average Bonchev–Trinajstić information content (AvgIpc) is 3.45. The summed E-state index contributed by atoms with van der Waals surface area (Å²) < 4.78 is 44.3. The molecule has 1 amide bonds. The number of alkyl halides is 3. The van der Waals surface area contributed by atoms with Gasteiger partial charge in [0, 0.05) is 41.0 Å². The van der Waals surface area contributed by atoms with E-state index in [2.05, 4.69) is 4.98 Å². The first-order valence-corrected chi connectivity index (χ1v) is 10.7. The zero-order chi connectivity index (χ0) is 23.4. The van der Waals surface area contributed by atoms with Crippen molar-refractivity contribution in [3.63, 3.8) is 0 Å². The number of amides is 1. The molecule has 1 saturated heterocycles. The first kappa shape index (κ1) is 21.4. The molecule has 2 aliphatic carbocycles. The lowest BCUT2D eigenvalue weighted by atomic mass is 9.73. The van der Waals surface area contributed by atoms with E-state index >= 15 is 0 Å². The molecule has 6 nitrogen and oxygen atoms in total. The number of likely N-dealkylation sites (tertiary alicyclic amines) is 1. The molecular weight excluding hydrogens is 433 g/mol. The van der Waals surface area contributed by atoms with Gasteiger partial charge in [-0.05, 0) is 49.2 Å². The second-order valence-electron chi connectivity index (χ2n) is 8.83. The van der Waals surface area contributed by atoms with Crippen LogP contribution in [0.1, 0.15) is 34.3 Å². The van der Waals surface area contributed by atoms with E-state index in [1.54, 1.807) is 30.4 Å². The van der Waals surface area contributed by atoms with Gasteiger partial charge in [-0.1, -0.05) is 18.2 Å². The van der Waals surface area contributed by atoms with Gasteiger partial charge in [0.15, 0.2) is 0 Å². The topological polar surface area (TPSA) is 94.5 Å². The highest BCUT2D eigenvalue weighted by Gasteiger charge is 2.76. The van der Waals surface area contributed by atoms with Crippen LogP contribution in [-0.2, 0) is 6.18 Å². The van der Waals surface area contributed by atoms with Crippen molar-refractivity contribution in [3.8, 4) is 5.88 Å². The highest BCUT2D eigenvalue weighted by Crippen LogP contribution is 2.71. The number of piperidine rings is 1. The van der Waals surface area contributed by atoms with Gasteiger partial charge in [0.2, 0.25) is 5.88 Å². The Bertz CT molecular complexity index is 1150. The predicted octanol–water partition coefficient (Wildman–Crippen LogP) is 3.55. The number of halogens is 3. The number of pyridine rings is 1. The molecule has 3 aliphatic rings. The van der Waals surface area contributed by atoms with Crippen LogP contribution in [0.15, 0.2) is 60.9 Å². The Morgan fingerprint density at radius 2 is 1.94 bits per heavy atom. The molecule has 172 valence electrons. The number of hydrogen-bond donors (Lipinski definition) is 2. The van der Waals surface area contributed by atoms with E-state index in [1.165, 1.54) is 12.3 Å². The summed E-state index contributed by atoms with van der Waals surface area (Å²) in [4.78, 5) is 19.2. The SMILES string of the molecule is N/C=C\C=C(/N)c1ccccc1C(=O)N1CC2CC23CC(Oc2ccc(C(F)(F)F)cn2)C13. The fraction of sp³-hybridized carbons (Fsp3) is 0.333. The van der Waals surface area contributed by atoms with Crippen LogP contribution >= 0.6 is 0 Å². The molecule has 1 aromatic heterocycles. The fourth-order valence-corrected chi connectivity index (χ4v) is 5.35. The molecule has 0 bridgehead atoms. The van der Waals surface area contributed by atoms with Crippen LogP contribution in [0.4, 0.5) is 13.2 Å². The second-order valence-corrected chi connectivity index (χ2v) is 8.83. The molecule has 2 saturated carbocycles. The number of carbonyl (C=O) groups is 1. The van der Waals surface area contributed by atoms with Crippen molar-refractivity contribution in [1.82, 2.24) is 9.88 Å². The number of rotatable bonds is 5. The van der Waals surface area contributed by atoms with Crippen molar-refractivity contribution in [1.29, 1.82) is 0 Å². The molecular formula is C24H23F3N4O2. The summed E-state index contributed by atoms with van der Waals surface area (Å²) in [6, 6.07) is 9.18. The van der Waals surface area contributed by atoms with E-state index in [0.29, 0.717) is 29.3 Å². The maximum absolute atomic E-state index is 13.6. The van der Waals surface area contributed by atoms with Crippen molar-refractivity contribution in [2.45, 2.75) is 31.2 Å². The van der Waals surface area contributed by atoms with Crippen molar-refractivity contribution in [2.75, 3.05) is 6.54 Å². The number of nitrogens with two attached hydrogens (primary N) is 2. The Labute approximate surface area is 188 Å². The zero-order valence-corrected chi connectivity index (χ0v) is 17.6. The summed E-state index contributed by atoms with van der Waals surface area (Å²) in [7, 11) is 0. The standard InChI is InChI=1S/C24H23F3N4O2/c25-24(26,27)14-7-8-20(30-12-14)33-19-11-23-10-15(23)13-31(21(19)23)22(32)17-5-2-1-4-16(17)18(29)6-3-9-28/h1-9,12,15,19,21H,10-11,13,28-29H2/b9-3-,18-6-. The van der Waals surface area contributed by atoms with Gasteiger partial charge in [-0.2, -0.15) is 13.2 Å².